The van der Waals surface area contributed by atoms with Crippen LogP contribution in [0.15, 0.2) is 64.9 Å². The summed E-state index contributed by atoms with van der Waals surface area (Å²) in [4.78, 5) is 16.1. The third kappa shape index (κ3) is 6.23. The van der Waals surface area contributed by atoms with Crippen LogP contribution in [0.5, 0.6) is 0 Å². The molecule has 0 saturated heterocycles. The van der Waals surface area contributed by atoms with E-state index in [1.54, 1.807) is 18.3 Å². The summed E-state index contributed by atoms with van der Waals surface area (Å²) in [5.41, 5.74) is 4.53. The molecule has 0 spiro atoms. The molecule has 138 valence electrons. The summed E-state index contributed by atoms with van der Waals surface area (Å²) >= 11 is 1.20. The summed E-state index contributed by atoms with van der Waals surface area (Å²) in [6.45, 7) is 0.342. The van der Waals surface area contributed by atoms with Crippen molar-refractivity contribution in [2.75, 3.05) is 11.2 Å². The molecule has 0 radical (unpaired) electrons. The number of halogens is 1. The lowest BCUT2D eigenvalue weighted by atomic mass is 10.2. The van der Waals surface area contributed by atoms with Gasteiger partial charge in [-0.1, -0.05) is 54.2 Å². The number of hydrazone groups is 1. The molecule has 0 aliphatic heterocycles. The Morgan fingerprint density at radius 3 is 2.74 bits per heavy atom. The highest BCUT2D eigenvalue weighted by Gasteiger charge is 2.07. The number of benzene rings is 2. The van der Waals surface area contributed by atoms with Crippen LogP contribution in [0.4, 0.5) is 10.3 Å². The van der Waals surface area contributed by atoms with Gasteiger partial charge in [-0.05, 0) is 23.3 Å². The minimum atomic E-state index is -0.303. The van der Waals surface area contributed by atoms with Gasteiger partial charge in [0.2, 0.25) is 17.0 Å². The molecule has 2 aromatic carbocycles. The van der Waals surface area contributed by atoms with E-state index in [0.717, 1.165) is 11.1 Å². The summed E-state index contributed by atoms with van der Waals surface area (Å²) in [6.07, 6.45) is 1.66. The van der Waals surface area contributed by atoms with E-state index in [0.29, 0.717) is 17.6 Å². The zero-order valence-corrected chi connectivity index (χ0v) is 15.0. The molecule has 27 heavy (non-hydrogen) atoms. The van der Waals surface area contributed by atoms with E-state index >= 15 is 0 Å². The third-order valence-corrected chi connectivity index (χ3v) is 4.23. The molecule has 0 aliphatic rings. The second kappa shape index (κ2) is 9.48. The molecule has 1 amide bonds. The van der Waals surface area contributed by atoms with E-state index in [9.17, 15) is 9.18 Å². The van der Waals surface area contributed by atoms with Crippen molar-refractivity contribution in [2.45, 2.75) is 11.7 Å². The Bertz CT molecular complexity index is 898. The van der Waals surface area contributed by atoms with Gasteiger partial charge in [-0.15, -0.1) is 5.10 Å². The second-order valence-corrected chi connectivity index (χ2v) is 6.38. The summed E-state index contributed by atoms with van der Waals surface area (Å²) < 4.78 is 12.8. The average Bonchev–Trinajstić information content (AvgIpc) is 3.14. The Hall–Kier alpha value is -3.20. The molecule has 0 atom stereocenters. The second-order valence-electron chi connectivity index (χ2n) is 5.44. The van der Waals surface area contributed by atoms with E-state index in [4.69, 9.17) is 0 Å². The normalized spacial score (nSPS) is 10.9. The Labute approximate surface area is 159 Å². The van der Waals surface area contributed by atoms with Gasteiger partial charge in [0.25, 0.3) is 0 Å². The van der Waals surface area contributed by atoms with Crippen molar-refractivity contribution in [2.24, 2.45) is 5.10 Å². The fourth-order valence-electron chi connectivity index (χ4n) is 2.05. The Balaban J connectivity index is 1.40. The first-order valence-corrected chi connectivity index (χ1v) is 9.08. The van der Waals surface area contributed by atoms with E-state index in [1.807, 2.05) is 30.3 Å². The first-order chi connectivity index (χ1) is 13.2. The zero-order chi connectivity index (χ0) is 18.9. The van der Waals surface area contributed by atoms with Crippen molar-refractivity contribution in [3.8, 4) is 0 Å². The lowest BCUT2D eigenvalue weighted by Gasteiger charge is -2.04. The van der Waals surface area contributed by atoms with E-state index in [2.05, 4.69) is 31.0 Å². The highest BCUT2D eigenvalue weighted by Crippen LogP contribution is 2.13. The quantitative estimate of drug-likeness (QED) is 0.315. The number of nitrogens with zero attached hydrogens (tertiary/aromatic N) is 3. The van der Waals surface area contributed by atoms with Crippen molar-refractivity contribution in [1.29, 1.82) is 0 Å². The molecule has 1 aromatic heterocycles. The van der Waals surface area contributed by atoms with Crippen molar-refractivity contribution < 1.29 is 9.18 Å². The minimum absolute atomic E-state index is 0.161. The van der Waals surface area contributed by atoms with E-state index < -0.39 is 0 Å². The summed E-state index contributed by atoms with van der Waals surface area (Å²) in [7, 11) is 0. The molecule has 3 aromatic rings. The third-order valence-electron chi connectivity index (χ3n) is 3.38. The van der Waals surface area contributed by atoms with Crippen molar-refractivity contribution in [1.82, 2.24) is 20.5 Å². The minimum Gasteiger partial charge on any atom is -0.351 e. The monoisotopic (exact) mass is 384 g/mol. The average molecular weight is 384 g/mol. The number of amides is 1. The van der Waals surface area contributed by atoms with Gasteiger partial charge in [-0.2, -0.15) is 10.1 Å². The number of nitrogens with one attached hydrogen (secondary N) is 3. The number of carbonyl (C=O) groups is 1. The highest BCUT2D eigenvalue weighted by atomic mass is 32.2. The van der Waals surface area contributed by atoms with Gasteiger partial charge >= 0.3 is 0 Å². The Morgan fingerprint density at radius 1 is 1.19 bits per heavy atom. The van der Waals surface area contributed by atoms with Gasteiger partial charge in [0.1, 0.15) is 5.82 Å². The first-order valence-electron chi connectivity index (χ1n) is 8.09. The largest absolute Gasteiger partial charge is 0.351 e. The van der Waals surface area contributed by atoms with Crippen LogP contribution in [0.2, 0.25) is 0 Å². The standard InChI is InChI=1S/C18H17FN6OS/c19-15-8-6-14(7-9-15)10-20-16(26)12-27-18-22-17(24-25-18)23-21-11-13-4-2-1-3-5-13/h1-9,11H,10,12H2,(H,20,26)(H2,22,23,24,25)/b21-11-. The van der Waals surface area contributed by atoms with E-state index in [1.165, 1.54) is 23.9 Å². The molecule has 3 N–H and O–H groups in total. The predicted molar refractivity (Wildman–Crippen MR) is 103 cm³/mol. The van der Waals surface area contributed by atoms with Crippen LogP contribution < -0.4 is 10.7 Å². The smallest absolute Gasteiger partial charge is 0.240 e. The maximum Gasteiger partial charge on any atom is 0.240 e. The fourth-order valence-corrected chi connectivity index (χ4v) is 2.68. The van der Waals surface area contributed by atoms with Gasteiger partial charge in [0.05, 0.1) is 12.0 Å². The van der Waals surface area contributed by atoms with Crippen LogP contribution in [0.1, 0.15) is 11.1 Å². The van der Waals surface area contributed by atoms with Crippen LogP contribution in [-0.4, -0.2) is 33.1 Å². The van der Waals surface area contributed by atoms with Crippen LogP contribution in [-0.2, 0) is 11.3 Å². The number of anilines is 1. The maximum atomic E-state index is 12.8. The number of H-pyrrole nitrogens is 1. The molecule has 0 unspecified atom stereocenters. The van der Waals surface area contributed by atoms with E-state index in [-0.39, 0.29) is 17.5 Å². The molecule has 0 fully saturated rings. The molecule has 1 heterocycles. The number of aromatic amines is 1. The predicted octanol–water partition coefficient (Wildman–Crippen LogP) is 2.80. The number of hydrogen-bond donors (Lipinski definition) is 3. The first kappa shape index (κ1) is 18.6. The van der Waals surface area contributed by atoms with Crippen LogP contribution >= 0.6 is 11.8 Å². The van der Waals surface area contributed by atoms with Gasteiger partial charge in [-0.3, -0.25) is 4.79 Å². The zero-order valence-electron chi connectivity index (χ0n) is 14.2. The van der Waals surface area contributed by atoms with Crippen LogP contribution in [0.3, 0.4) is 0 Å². The SMILES string of the molecule is O=C(CSc1n[nH]c(N/N=C\c2ccccc2)n1)NCc1ccc(F)cc1. The van der Waals surface area contributed by atoms with Crippen LogP contribution in [0.25, 0.3) is 0 Å². The number of carbonyl (C=O) groups excluding carboxylic acids is 1. The topological polar surface area (TPSA) is 95.1 Å². The molecule has 3 rings (SSSR count). The molecular formula is C18H17FN6OS. The molecule has 7 nitrogen and oxygen atoms in total. The molecule has 0 saturated carbocycles. The van der Waals surface area contributed by atoms with Crippen molar-refractivity contribution in [3.05, 3.63) is 71.5 Å². The summed E-state index contributed by atoms with van der Waals surface area (Å²) in [5, 5.41) is 14.0. The van der Waals surface area contributed by atoms with Crippen LogP contribution in [0, 0.1) is 5.82 Å². The molecule has 9 heteroatoms. The van der Waals surface area contributed by atoms with Gasteiger partial charge < -0.3 is 5.32 Å². The molecule has 0 bridgehead atoms. The van der Waals surface area contributed by atoms with Gasteiger partial charge in [0, 0.05) is 6.54 Å². The number of thioether (sulfide) groups is 1. The summed E-state index contributed by atoms with van der Waals surface area (Å²) in [5.74, 6) is 0.0936. The lowest BCUT2D eigenvalue weighted by molar-refractivity contribution is -0.118. The fraction of sp³-hybridized carbons (Fsp3) is 0.111. The van der Waals surface area contributed by atoms with Gasteiger partial charge in [0.15, 0.2) is 0 Å². The Kier molecular flexibility index (Phi) is 6.53. The lowest BCUT2D eigenvalue weighted by Crippen LogP contribution is -2.24. The number of hydrogen-bond acceptors (Lipinski definition) is 6. The number of aromatic nitrogens is 3. The Morgan fingerprint density at radius 2 is 1.96 bits per heavy atom. The van der Waals surface area contributed by atoms with Crippen molar-refractivity contribution >= 4 is 29.8 Å². The molecular weight excluding hydrogens is 367 g/mol. The van der Waals surface area contributed by atoms with Crippen molar-refractivity contribution in [3.63, 3.8) is 0 Å². The number of rotatable bonds is 8. The van der Waals surface area contributed by atoms with Gasteiger partial charge in [-0.25, -0.2) is 14.9 Å². The molecule has 0 aliphatic carbocycles. The highest BCUT2D eigenvalue weighted by molar-refractivity contribution is 7.99. The summed E-state index contributed by atoms with van der Waals surface area (Å²) in [6, 6.07) is 15.6. The maximum absolute atomic E-state index is 12.8.